The van der Waals surface area contributed by atoms with Gasteiger partial charge in [0, 0.05) is 18.8 Å². The van der Waals surface area contributed by atoms with Gasteiger partial charge in [-0.2, -0.15) is 0 Å². The minimum absolute atomic E-state index is 0.0787. The van der Waals surface area contributed by atoms with Crippen LogP contribution >= 0.6 is 0 Å². The first-order valence-electron chi connectivity index (χ1n) is 6.64. The minimum Gasteiger partial charge on any atom is -0.398 e. The van der Waals surface area contributed by atoms with Gasteiger partial charge in [0.05, 0.1) is 5.56 Å². The third-order valence-corrected chi connectivity index (χ3v) is 4.06. The number of carbonyl (C=O) groups is 1. The second-order valence-electron chi connectivity index (χ2n) is 5.59. The molecule has 1 heterocycles. The Morgan fingerprint density at radius 3 is 2.72 bits per heavy atom. The molecule has 1 fully saturated rings. The molecule has 0 aromatic heterocycles. The minimum atomic E-state index is 0.0787. The molecule has 2 atom stereocenters. The van der Waals surface area contributed by atoms with Gasteiger partial charge >= 0.3 is 0 Å². The van der Waals surface area contributed by atoms with Crippen molar-refractivity contribution in [2.45, 2.75) is 27.2 Å². The maximum atomic E-state index is 12.5. The molecule has 2 N–H and O–H groups in total. The van der Waals surface area contributed by atoms with E-state index in [-0.39, 0.29) is 5.91 Å². The molecule has 3 nitrogen and oxygen atoms in total. The highest BCUT2D eigenvalue weighted by molar-refractivity contribution is 5.99. The fourth-order valence-electron chi connectivity index (χ4n) is 2.47. The highest BCUT2D eigenvalue weighted by atomic mass is 16.2. The van der Waals surface area contributed by atoms with Crippen LogP contribution in [0.15, 0.2) is 18.2 Å². The number of nitrogens with zero attached hydrogens (tertiary/aromatic N) is 1. The Labute approximate surface area is 109 Å². The zero-order chi connectivity index (χ0) is 13.3. The molecule has 0 radical (unpaired) electrons. The predicted octanol–water partition coefficient (Wildman–Crippen LogP) is 2.70. The Hall–Kier alpha value is -1.51. The Morgan fingerprint density at radius 2 is 2.06 bits per heavy atom. The molecular formula is C15H22N2O. The Kier molecular flexibility index (Phi) is 3.60. The molecule has 2 unspecified atom stereocenters. The fraction of sp³-hybridized carbons (Fsp3) is 0.533. The third-order valence-electron chi connectivity index (χ3n) is 4.06. The van der Waals surface area contributed by atoms with Crippen molar-refractivity contribution in [1.82, 2.24) is 4.90 Å². The smallest absolute Gasteiger partial charge is 0.255 e. The van der Waals surface area contributed by atoms with Crippen LogP contribution in [0.2, 0.25) is 0 Å². The quantitative estimate of drug-likeness (QED) is 0.774. The Balaban J connectivity index is 2.19. The summed E-state index contributed by atoms with van der Waals surface area (Å²) in [6, 6.07) is 5.64. The molecule has 0 aliphatic carbocycles. The molecule has 0 bridgehead atoms. The van der Waals surface area contributed by atoms with Crippen molar-refractivity contribution in [3.8, 4) is 0 Å². The summed E-state index contributed by atoms with van der Waals surface area (Å²) in [6.45, 7) is 8.14. The summed E-state index contributed by atoms with van der Waals surface area (Å²) in [7, 11) is 0. The summed E-state index contributed by atoms with van der Waals surface area (Å²) in [5.41, 5.74) is 8.22. The van der Waals surface area contributed by atoms with Gasteiger partial charge in [-0.05, 0) is 37.3 Å². The predicted molar refractivity (Wildman–Crippen MR) is 74.4 cm³/mol. The van der Waals surface area contributed by atoms with Crippen molar-refractivity contribution in [2.24, 2.45) is 11.8 Å². The molecule has 18 heavy (non-hydrogen) atoms. The van der Waals surface area contributed by atoms with E-state index in [0.29, 0.717) is 23.1 Å². The number of aryl methyl sites for hydroxylation is 1. The van der Waals surface area contributed by atoms with Crippen LogP contribution in [-0.2, 0) is 0 Å². The van der Waals surface area contributed by atoms with E-state index < -0.39 is 0 Å². The molecule has 1 saturated heterocycles. The average Bonchev–Trinajstić information content (AvgIpc) is 2.35. The van der Waals surface area contributed by atoms with Crippen LogP contribution in [0.3, 0.4) is 0 Å². The standard InChI is InChI=1S/C15H22N2O/c1-10-4-5-14(16)13(8-10)15(18)17-7-6-11(2)12(3)9-17/h4-5,8,11-12H,6-7,9,16H2,1-3H3. The number of hydrogen-bond donors (Lipinski definition) is 1. The second-order valence-corrected chi connectivity index (χ2v) is 5.59. The Bertz CT molecular complexity index is 456. The lowest BCUT2D eigenvalue weighted by atomic mass is 9.88. The maximum Gasteiger partial charge on any atom is 0.255 e. The van der Waals surface area contributed by atoms with E-state index in [1.165, 1.54) is 0 Å². The highest BCUT2D eigenvalue weighted by Crippen LogP contribution is 2.25. The molecule has 1 amide bonds. The van der Waals surface area contributed by atoms with Crippen LogP contribution in [0.25, 0.3) is 0 Å². The molecule has 1 aliphatic heterocycles. The largest absolute Gasteiger partial charge is 0.398 e. The van der Waals surface area contributed by atoms with Crippen LogP contribution in [0, 0.1) is 18.8 Å². The molecular weight excluding hydrogens is 224 g/mol. The molecule has 0 spiro atoms. The maximum absolute atomic E-state index is 12.5. The number of rotatable bonds is 1. The summed E-state index contributed by atoms with van der Waals surface area (Å²) in [4.78, 5) is 14.4. The first kappa shape index (κ1) is 12.9. The lowest BCUT2D eigenvalue weighted by Crippen LogP contribution is -2.42. The average molecular weight is 246 g/mol. The fourth-order valence-corrected chi connectivity index (χ4v) is 2.47. The van der Waals surface area contributed by atoms with Gasteiger partial charge < -0.3 is 10.6 Å². The molecule has 1 aromatic rings. The number of likely N-dealkylation sites (tertiary alicyclic amines) is 1. The van der Waals surface area contributed by atoms with Crippen LogP contribution in [0.5, 0.6) is 0 Å². The van der Waals surface area contributed by atoms with E-state index >= 15 is 0 Å². The van der Waals surface area contributed by atoms with Gasteiger partial charge in [-0.1, -0.05) is 25.5 Å². The number of benzene rings is 1. The zero-order valence-corrected chi connectivity index (χ0v) is 11.4. The van der Waals surface area contributed by atoms with Crippen molar-refractivity contribution in [3.05, 3.63) is 29.3 Å². The summed E-state index contributed by atoms with van der Waals surface area (Å²) in [5, 5.41) is 0. The van der Waals surface area contributed by atoms with Gasteiger partial charge in [-0.25, -0.2) is 0 Å². The highest BCUT2D eigenvalue weighted by Gasteiger charge is 2.27. The normalized spacial score (nSPS) is 24.1. The van der Waals surface area contributed by atoms with E-state index in [1.54, 1.807) is 0 Å². The van der Waals surface area contributed by atoms with E-state index in [0.717, 1.165) is 25.1 Å². The zero-order valence-electron chi connectivity index (χ0n) is 11.4. The lowest BCUT2D eigenvalue weighted by molar-refractivity contribution is 0.0628. The van der Waals surface area contributed by atoms with Crippen LogP contribution in [-0.4, -0.2) is 23.9 Å². The molecule has 0 saturated carbocycles. The van der Waals surface area contributed by atoms with Gasteiger partial charge in [0.2, 0.25) is 0 Å². The molecule has 3 heteroatoms. The van der Waals surface area contributed by atoms with Crippen molar-refractivity contribution >= 4 is 11.6 Å². The van der Waals surface area contributed by atoms with Crippen molar-refractivity contribution in [1.29, 1.82) is 0 Å². The van der Waals surface area contributed by atoms with E-state index in [1.807, 2.05) is 30.0 Å². The first-order valence-corrected chi connectivity index (χ1v) is 6.64. The number of piperidine rings is 1. The SMILES string of the molecule is Cc1ccc(N)c(C(=O)N2CCC(C)C(C)C2)c1. The molecule has 98 valence electrons. The van der Waals surface area contributed by atoms with E-state index in [4.69, 9.17) is 5.73 Å². The number of nitrogen functional groups attached to an aromatic ring is 1. The topological polar surface area (TPSA) is 46.3 Å². The van der Waals surface area contributed by atoms with Crippen LogP contribution in [0.4, 0.5) is 5.69 Å². The van der Waals surface area contributed by atoms with Gasteiger partial charge in [0.1, 0.15) is 0 Å². The van der Waals surface area contributed by atoms with Gasteiger partial charge in [-0.15, -0.1) is 0 Å². The van der Waals surface area contributed by atoms with Gasteiger partial charge in [0.15, 0.2) is 0 Å². The van der Waals surface area contributed by atoms with Crippen LogP contribution in [0.1, 0.15) is 36.2 Å². The molecule has 2 rings (SSSR count). The summed E-state index contributed by atoms with van der Waals surface area (Å²) < 4.78 is 0. The number of nitrogens with two attached hydrogens (primary N) is 1. The van der Waals surface area contributed by atoms with Gasteiger partial charge in [-0.3, -0.25) is 4.79 Å². The number of amides is 1. The number of hydrogen-bond acceptors (Lipinski definition) is 2. The van der Waals surface area contributed by atoms with Crippen molar-refractivity contribution in [2.75, 3.05) is 18.8 Å². The van der Waals surface area contributed by atoms with Crippen molar-refractivity contribution < 1.29 is 4.79 Å². The third kappa shape index (κ3) is 2.50. The number of anilines is 1. The number of carbonyl (C=O) groups excluding carboxylic acids is 1. The summed E-state index contributed by atoms with van der Waals surface area (Å²) >= 11 is 0. The first-order chi connectivity index (χ1) is 8.49. The Morgan fingerprint density at radius 1 is 1.33 bits per heavy atom. The van der Waals surface area contributed by atoms with E-state index in [9.17, 15) is 4.79 Å². The summed E-state index contributed by atoms with van der Waals surface area (Å²) in [5.74, 6) is 1.34. The van der Waals surface area contributed by atoms with E-state index in [2.05, 4.69) is 13.8 Å². The lowest BCUT2D eigenvalue weighted by Gasteiger charge is -2.35. The summed E-state index contributed by atoms with van der Waals surface area (Å²) in [6.07, 6.45) is 1.08. The van der Waals surface area contributed by atoms with Gasteiger partial charge in [0.25, 0.3) is 5.91 Å². The van der Waals surface area contributed by atoms with Crippen molar-refractivity contribution in [3.63, 3.8) is 0 Å². The van der Waals surface area contributed by atoms with Crippen LogP contribution < -0.4 is 5.73 Å². The monoisotopic (exact) mass is 246 g/mol. The molecule has 1 aromatic carbocycles. The molecule has 1 aliphatic rings. The second kappa shape index (κ2) is 5.01.